The van der Waals surface area contributed by atoms with Crippen molar-refractivity contribution in [2.75, 3.05) is 13.7 Å². The van der Waals surface area contributed by atoms with Gasteiger partial charge in [0.05, 0.1) is 13.7 Å². The van der Waals surface area contributed by atoms with Gasteiger partial charge in [-0.15, -0.1) is 0 Å². The molecule has 0 atom stereocenters. The fourth-order valence-corrected chi connectivity index (χ4v) is 3.34. The summed E-state index contributed by atoms with van der Waals surface area (Å²) in [6.45, 7) is 2.94. The first-order chi connectivity index (χ1) is 13.7. The number of hydrogen-bond acceptors (Lipinski definition) is 4. The first kappa shape index (κ1) is 24.3. The Morgan fingerprint density at radius 3 is 2.21 bits per heavy atom. The Morgan fingerprint density at radius 2 is 1.54 bits per heavy atom. The highest BCUT2D eigenvalue weighted by Gasteiger charge is 2.05. The fraction of sp³-hybridized carbons (Fsp3) is 0.708. The Kier molecular flexibility index (Phi) is 14.1. The molecule has 0 spiro atoms. The SMILES string of the molecule is CCCCCCc1ccc(O)cc1OCCCCCCCCCCC(=O)OC. The zero-order chi connectivity index (χ0) is 20.5. The van der Waals surface area contributed by atoms with Crippen LogP contribution in [0.3, 0.4) is 0 Å². The summed E-state index contributed by atoms with van der Waals surface area (Å²) in [6.07, 6.45) is 15.7. The number of esters is 1. The fourth-order valence-electron chi connectivity index (χ4n) is 3.34. The predicted octanol–water partition coefficient (Wildman–Crippen LogP) is 6.58. The summed E-state index contributed by atoms with van der Waals surface area (Å²) < 4.78 is 10.6. The summed E-state index contributed by atoms with van der Waals surface area (Å²) in [5, 5.41) is 9.75. The number of phenols is 1. The van der Waals surface area contributed by atoms with Gasteiger partial charge < -0.3 is 14.6 Å². The van der Waals surface area contributed by atoms with Gasteiger partial charge in [0, 0.05) is 12.5 Å². The van der Waals surface area contributed by atoms with E-state index in [2.05, 4.69) is 11.7 Å². The monoisotopic (exact) mass is 392 g/mol. The molecule has 160 valence electrons. The predicted molar refractivity (Wildman–Crippen MR) is 115 cm³/mol. The molecule has 0 saturated carbocycles. The van der Waals surface area contributed by atoms with Gasteiger partial charge >= 0.3 is 5.97 Å². The Labute approximate surface area is 171 Å². The topological polar surface area (TPSA) is 55.8 Å². The summed E-state index contributed by atoms with van der Waals surface area (Å²) in [4.78, 5) is 11.0. The second-order valence-electron chi connectivity index (χ2n) is 7.61. The molecule has 0 aromatic heterocycles. The lowest BCUT2D eigenvalue weighted by Crippen LogP contribution is -2.01. The van der Waals surface area contributed by atoms with Gasteiger partial charge in [0.2, 0.25) is 0 Å². The van der Waals surface area contributed by atoms with E-state index < -0.39 is 0 Å². The standard InChI is InChI=1S/C24H40O4/c1-3-4-5-12-15-21-17-18-22(25)20-23(21)28-19-14-11-9-7-6-8-10-13-16-24(26)27-2/h17-18,20,25H,3-16,19H2,1-2H3. The first-order valence-electron chi connectivity index (χ1n) is 11.2. The summed E-state index contributed by atoms with van der Waals surface area (Å²) in [5.74, 6) is 1.03. The van der Waals surface area contributed by atoms with Crippen molar-refractivity contribution < 1.29 is 19.4 Å². The van der Waals surface area contributed by atoms with E-state index in [-0.39, 0.29) is 11.7 Å². The van der Waals surface area contributed by atoms with Gasteiger partial charge in [-0.3, -0.25) is 4.79 Å². The maximum Gasteiger partial charge on any atom is 0.305 e. The Hall–Kier alpha value is -1.71. The molecule has 0 fully saturated rings. The quantitative estimate of drug-likeness (QED) is 0.240. The van der Waals surface area contributed by atoms with Crippen LogP contribution < -0.4 is 4.74 Å². The normalized spacial score (nSPS) is 10.8. The molecule has 0 amide bonds. The molecular weight excluding hydrogens is 352 g/mol. The van der Waals surface area contributed by atoms with Crippen LogP contribution in [0.25, 0.3) is 0 Å². The van der Waals surface area contributed by atoms with Gasteiger partial charge in [-0.2, -0.15) is 0 Å². The molecule has 0 aliphatic rings. The van der Waals surface area contributed by atoms with E-state index in [4.69, 9.17) is 4.74 Å². The van der Waals surface area contributed by atoms with E-state index in [0.29, 0.717) is 13.0 Å². The average Bonchev–Trinajstić information content (AvgIpc) is 2.70. The van der Waals surface area contributed by atoms with Crippen molar-refractivity contribution in [2.45, 2.75) is 96.8 Å². The van der Waals surface area contributed by atoms with Crippen LogP contribution in [0.15, 0.2) is 18.2 Å². The summed E-state index contributed by atoms with van der Waals surface area (Å²) in [5.41, 5.74) is 1.21. The molecule has 0 aliphatic carbocycles. The lowest BCUT2D eigenvalue weighted by molar-refractivity contribution is -0.140. The maximum atomic E-state index is 11.0. The number of aromatic hydroxyl groups is 1. The molecule has 0 unspecified atom stereocenters. The number of unbranched alkanes of at least 4 members (excludes halogenated alkanes) is 10. The highest BCUT2D eigenvalue weighted by molar-refractivity contribution is 5.68. The minimum Gasteiger partial charge on any atom is -0.508 e. The average molecular weight is 393 g/mol. The number of carbonyl (C=O) groups is 1. The summed E-state index contributed by atoms with van der Waals surface area (Å²) in [6, 6.07) is 5.51. The number of aryl methyl sites for hydroxylation is 1. The van der Waals surface area contributed by atoms with E-state index in [9.17, 15) is 9.90 Å². The molecule has 0 bridgehead atoms. The number of phenolic OH excluding ortho intramolecular Hbond substituents is 1. The van der Waals surface area contributed by atoms with Gasteiger partial charge in [-0.05, 0) is 37.3 Å². The largest absolute Gasteiger partial charge is 0.508 e. The van der Waals surface area contributed by atoms with Crippen LogP contribution in [-0.4, -0.2) is 24.8 Å². The van der Waals surface area contributed by atoms with Gasteiger partial charge in [0.1, 0.15) is 11.5 Å². The molecule has 0 saturated heterocycles. The second-order valence-corrected chi connectivity index (χ2v) is 7.61. The molecule has 1 aromatic rings. The Balaban J connectivity index is 2.09. The highest BCUT2D eigenvalue weighted by Crippen LogP contribution is 2.26. The van der Waals surface area contributed by atoms with Crippen LogP contribution in [0.4, 0.5) is 0 Å². The van der Waals surface area contributed by atoms with E-state index in [0.717, 1.165) is 31.4 Å². The number of benzene rings is 1. The third kappa shape index (κ3) is 11.9. The maximum absolute atomic E-state index is 11.0. The smallest absolute Gasteiger partial charge is 0.305 e. The molecular formula is C24H40O4. The van der Waals surface area contributed by atoms with E-state index >= 15 is 0 Å². The summed E-state index contributed by atoms with van der Waals surface area (Å²) in [7, 11) is 1.45. The first-order valence-corrected chi connectivity index (χ1v) is 11.2. The zero-order valence-corrected chi connectivity index (χ0v) is 18.0. The highest BCUT2D eigenvalue weighted by atomic mass is 16.5. The molecule has 0 heterocycles. The molecule has 1 aromatic carbocycles. The van der Waals surface area contributed by atoms with Crippen LogP contribution in [0.2, 0.25) is 0 Å². The molecule has 0 aliphatic heterocycles. The minimum absolute atomic E-state index is 0.101. The third-order valence-electron chi connectivity index (χ3n) is 5.11. The van der Waals surface area contributed by atoms with Crippen LogP contribution in [0.1, 0.15) is 96.0 Å². The number of ether oxygens (including phenoxy) is 2. The van der Waals surface area contributed by atoms with Crippen molar-refractivity contribution in [3.63, 3.8) is 0 Å². The van der Waals surface area contributed by atoms with Crippen molar-refractivity contribution in [3.8, 4) is 11.5 Å². The van der Waals surface area contributed by atoms with Crippen molar-refractivity contribution in [1.82, 2.24) is 0 Å². The lowest BCUT2D eigenvalue weighted by atomic mass is 10.0. The second kappa shape index (κ2) is 16.3. The van der Waals surface area contributed by atoms with Crippen LogP contribution in [0.5, 0.6) is 11.5 Å². The molecule has 1 rings (SSSR count). The van der Waals surface area contributed by atoms with E-state index in [1.54, 1.807) is 12.1 Å². The molecule has 4 nitrogen and oxygen atoms in total. The van der Waals surface area contributed by atoms with Crippen molar-refractivity contribution >= 4 is 5.97 Å². The van der Waals surface area contributed by atoms with E-state index in [1.807, 2.05) is 6.07 Å². The van der Waals surface area contributed by atoms with Gasteiger partial charge in [0.25, 0.3) is 0 Å². The molecule has 4 heteroatoms. The number of rotatable bonds is 17. The van der Waals surface area contributed by atoms with Crippen LogP contribution in [0, 0.1) is 0 Å². The molecule has 28 heavy (non-hydrogen) atoms. The van der Waals surface area contributed by atoms with Crippen LogP contribution >= 0.6 is 0 Å². The zero-order valence-electron chi connectivity index (χ0n) is 18.0. The minimum atomic E-state index is -0.101. The molecule has 1 N–H and O–H groups in total. The third-order valence-corrected chi connectivity index (χ3v) is 5.11. The van der Waals surface area contributed by atoms with Gasteiger partial charge in [-0.1, -0.05) is 70.8 Å². The summed E-state index contributed by atoms with van der Waals surface area (Å²) >= 11 is 0. The van der Waals surface area contributed by atoms with Crippen LogP contribution in [-0.2, 0) is 16.0 Å². The van der Waals surface area contributed by atoms with Crippen molar-refractivity contribution in [2.24, 2.45) is 0 Å². The number of hydrogen-bond donors (Lipinski definition) is 1. The Bertz CT molecular complexity index is 527. The lowest BCUT2D eigenvalue weighted by Gasteiger charge is -2.12. The number of carbonyl (C=O) groups excluding carboxylic acids is 1. The molecule has 0 radical (unpaired) electrons. The van der Waals surface area contributed by atoms with E-state index in [1.165, 1.54) is 70.5 Å². The van der Waals surface area contributed by atoms with Gasteiger partial charge in [-0.25, -0.2) is 0 Å². The van der Waals surface area contributed by atoms with Crippen molar-refractivity contribution in [1.29, 1.82) is 0 Å². The van der Waals surface area contributed by atoms with Gasteiger partial charge in [0.15, 0.2) is 0 Å². The Morgan fingerprint density at radius 1 is 0.893 bits per heavy atom. The number of methoxy groups -OCH3 is 1. The van der Waals surface area contributed by atoms with Crippen molar-refractivity contribution in [3.05, 3.63) is 23.8 Å².